The van der Waals surface area contributed by atoms with Crippen molar-refractivity contribution < 1.29 is 19.3 Å². The zero-order chi connectivity index (χ0) is 13.4. The lowest BCUT2D eigenvalue weighted by atomic mass is 9.93. The fraction of sp³-hybridized carbons (Fsp3) is 0.571. The summed E-state index contributed by atoms with van der Waals surface area (Å²) in [5.74, 6) is 0. The predicted molar refractivity (Wildman–Crippen MR) is 68.3 cm³/mol. The van der Waals surface area contributed by atoms with Gasteiger partial charge in [-0.25, -0.2) is 0 Å². The number of rotatable bonds is 1. The summed E-state index contributed by atoms with van der Waals surface area (Å²) in [4.78, 5) is 0. The summed E-state index contributed by atoms with van der Waals surface area (Å²) >= 11 is 0. The van der Waals surface area contributed by atoms with Crippen LogP contribution >= 0.6 is 0 Å². The van der Waals surface area contributed by atoms with E-state index in [4.69, 9.17) is 19.9 Å². The molecular weight excluding hydrogens is 246 g/mol. The van der Waals surface area contributed by atoms with Gasteiger partial charge in [-0.05, 0) is 6.92 Å². The van der Waals surface area contributed by atoms with E-state index < -0.39 is 24.5 Å². The van der Waals surface area contributed by atoms with E-state index in [9.17, 15) is 5.11 Å². The van der Waals surface area contributed by atoms with Crippen LogP contribution in [0.1, 0.15) is 18.8 Å². The smallest absolute Gasteiger partial charge is 0.184 e. The van der Waals surface area contributed by atoms with E-state index in [2.05, 4.69) is 0 Å². The van der Waals surface area contributed by atoms with Crippen LogP contribution in [0.15, 0.2) is 30.3 Å². The Morgan fingerprint density at radius 1 is 1.21 bits per heavy atom. The van der Waals surface area contributed by atoms with Crippen molar-refractivity contribution in [1.29, 1.82) is 0 Å². The molecule has 0 radical (unpaired) electrons. The van der Waals surface area contributed by atoms with Crippen LogP contribution in [-0.2, 0) is 14.2 Å². The van der Waals surface area contributed by atoms with Crippen LogP contribution in [0.2, 0.25) is 0 Å². The van der Waals surface area contributed by atoms with Crippen molar-refractivity contribution >= 4 is 0 Å². The number of aliphatic hydroxyl groups is 1. The summed E-state index contributed by atoms with van der Waals surface area (Å²) in [6, 6.07) is 9.22. The second-order valence-corrected chi connectivity index (χ2v) is 5.12. The molecule has 0 aromatic heterocycles. The normalized spacial score (nSPS) is 42.7. The highest BCUT2D eigenvalue weighted by Crippen LogP contribution is 2.33. The van der Waals surface area contributed by atoms with Crippen LogP contribution in [0.25, 0.3) is 0 Å². The zero-order valence-corrected chi connectivity index (χ0v) is 10.8. The van der Waals surface area contributed by atoms with Gasteiger partial charge in [-0.2, -0.15) is 0 Å². The molecule has 2 fully saturated rings. The Morgan fingerprint density at radius 3 is 2.68 bits per heavy atom. The van der Waals surface area contributed by atoms with E-state index in [1.54, 1.807) is 0 Å². The van der Waals surface area contributed by atoms with Gasteiger partial charge in [0.25, 0.3) is 0 Å². The van der Waals surface area contributed by atoms with Crippen molar-refractivity contribution in [3.63, 3.8) is 0 Å². The lowest BCUT2D eigenvalue weighted by Gasteiger charge is -2.46. The van der Waals surface area contributed by atoms with Gasteiger partial charge in [0.2, 0.25) is 0 Å². The third-order valence-electron chi connectivity index (χ3n) is 3.79. The fourth-order valence-electron chi connectivity index (χ4n) is 2.61. The molecule has 2 saturated heterocycles. The Morgan fingerprint density at radius 2 is 1.95 bits per heavy atom. The summed E-state index contributed by atoms with van der Waals surface area (Å²) in [7, 11) is 0. The maximum Gasteiger partial charge on any atom is 0.184 e. The first kappa shape index (κ1) is 13.0. The van der Waals surface area contributed by atoms with Gasteiger partial charge < -0.3 is 25.1 Å². The standard InChI is InChI=1S/C14H19NO4/c1-8-11(15)12(16)13-10(18-8)7-17-14(19-13)9-5-3-2-4-6-9/h2-6,8,10-14,16H,7,15H2,1H3. The number of nitrogens with two attached hydrogens (primary N) is 1. The first-order valence-electron chi connectivity index (χ1n) is 6.58. The predicted octanol–water partition coefficient (Wildman–Crippen LogP) is 0.576. The monoisotopic (exact) mass is 265 g/mol. The maximum absolute atomic E-state index is 10.2. The van der Waals surface area contributed by atoms with Crippen LogP contribution < -0.4 is 5.73 Å². The van der Waals surface area contributed by atoms with Crippen molar-refractivity contribution in [3.8, 4) is 0 Å². The lowest BCUT2D eigenvalue weighted by molar-refractivity contribution is -0.311. The van der Waals surface area contributed by atoms with Crippen molar-refractivity contribution in [2.45, 2.75) is 43.7 Å². The van der Waals surface area contributed by atoms with E-state index in [1.807, 2.05) is 37.3 Å². The molecule has 0 bridgehead atoms. The first-order valence-corrected chi connectivity index (χ1v) is 6.58. The summed E-state index contributed by atoms with van der Waals surface area (Å²) in [6.07, 6.45) is -2.10. The molecule has 2 aliphatic rings. The SMILES string of the molecule is CC1OC2COC(c3ccccc3)OC2C(O)C1N. The molecule has 5 heteroatoms. The highest BCUT2D eigenvalue weighted by atomic mass is 16.7. The summed E-state index contributed by atoms with van der Waals surface area (Å²) in [5, 5.41) is 10.2. The van der Waals surface area contributed by atoms with Crippen molar-refractivity contribution in [3.05, 3.63) is 35.9 Å². The van der Waals surface area contributed by atoms with Crippen LogP contribution in [0.5, 0.6) is 0 Å². The second-order valence-electron chi connectivity index (χ2n) is 5.12. The van der Waals surface area contributed by atoms with E-state index in [1.165, 1.54) is 0 Å². The Kier molecular flexibility index (Phi) is 3.56. The molecule has 0 spiro atoms. The van der Waals surface area contributed by atoms with Crippen molar-refractivity contribution in [2.75, 3.05) is 6.61 Å². The molecule has 19 heavy (non-hydrogen) atoms. The molecule has 6 atom stereocenters. The summed E-state index contributed by atoms with van der Waals surface area (Å²) < 4.78 is 17.2. The number of benzene rings is 1. The van der Waals surface area contributed by atoms with Crippen LogP contribution in [0, 0.1) is 0 Å². The zero-order valence-electron chi connectivity index (χ0n) is 10.8. The number of fused-ring (bicyclic) bond motifs is 1. The van der Waals surface area contributed by atoms with E-state index in [0.717, 1.165) is 5.56 Å². The molecule has 1 aromatic carbocycles. The van der Waals surface area contributed by atoms with E-state index >= 15 is 0 Å². The Bertz CT molecular complexity index is 425. The summed E-state index contributed by atoms with van der Waals surface area (Å²) in [5.41, 5.74) is 6.85. The third kappa shape index (κ3) is 2.40. The third-order valence-corrected chi connectivity index (χ3v) is 3.79. The molecule has 3 rings (SSSR count). The topological polar surface area (TPSA) is 73.9 Å². The maximum atomic E-state index is 10.2. The molecule has 6 unspecified atom stereocenters. The lowest BCUT2D eigenvalue weighted by Crippen LogP contribution is -2.63. The number of hydrogen-bond acceptors (Lipinski definition) is 5. The number of ether oxygens (including phenoxy) is 3. The average molecular weight is 265 g/mol. The number of hydrogen-bond donors (Lipinski definition) is 2. The number of aliphatic hydroxyl groups excluding tert-OH is 1. The van der Waals surface area contributed by atoms with Crippen LogP contribution in [0.4, 0.5) is 0 Å². The Hall–Kier alpha value is -0.980. The molecule has 0 amide bonds. The Labute approximate surface area is 112 Å². The molecule has 0 aliphatic carbocycles. The molecule has 1 aromatic rings. The Balaban J connectivity index is 1.75. The quantitative estimate of drug-likeness (QED) is 0.777. The van der Waals surface area contributed by atoms with Gasteiger partial charge in [0.15, 0.2) is 6.29 Å². The minimum absolute atomic E-state index is 0.197. The van der Waals surface area contributed by atoms with Crippen LogP contribution in [-0.4, -0.2) is 42.2 Å². The van der Waals surface area contributed by atoms with Gasteiger partial charge in [0.1, 0.15) is 18.3 Å². The molecule has 0 saturated carbocycles. The highest BCUT2D eigenvalue weighted by molar-refractivity contribution is 5.16. The molecule has 104 valence electrons. The average Bonchev–Trinajstić information content (AvgIpc) is 2.46. The van der Waals surface area contributed by atoms with Gasteiger partial charge in [-0.3, -0.25) is 0 Å². The molecule has 3 N–H and O–H groups in total. The largest absolute Gasteiger partial charge is 0.389 e. The van der Waals surface area contributed by atoms with Gasteiger partial charge in [-0.15, -0.1) is 0 Å². The minimum Gasteiger partial charge on any atom is -0.389 e. The molecular formula is C14H19NO4. The molecule has 2 heterocycles. The van der Waals surface area contributed by atoms with Crippen molar-refractivity contribution in [1.82, 2.24) is 0 Å². The first-order chi connectivity index (χ1) is 9.16. The summed E-state index contributed by atoms with van der Waals surface area (Å²) in [6.45, 7) is 2.26. The highest BCUT2D eigenvalue weighted by Gasteiger charge is 2.46. The van der Waals surface area contributed by atoms with Gasteiger partial charge >= 0.3 is 0 Å². The second kappa shape index (κ2) is 5.19. The van der Waals surface area contributed by atoms with Crippen LogP contribution in [0.3, 0.4) is 0 Å². The van der Waals surface area contributed by atoms with Gasteiger partial charge in [-0.1, -0.05) is 30.3 Å². The van der Waals surface area contributed by atoms with Gasteiger partial charge in [0.05, 0.1) is 18.8 Å². The van der Waals surface area contributed by atoms with Gasteiger partial charge in [0, 0.05) is 5.56 Å². The molecule has 2 aliphatic heterocycles. The minimum atomic E-state index is -0.733. The fourth-order valence-corrected chi connectivity index (χ4v) is 2.61. The van der Waals surface area contributed by atoms with Crippen molar-refractivity contribution in [2.24, 2.45) is 5.73 Å². The van der Waals surface area contributed by atoms with E-state index in [0.29, 0.717) is 6.61 Å². The van der Waals surface area contributed by atoms with E-state index in [-0.39, 0.29) is 12.2 Å². The molecule has 5 nitrogen and oxygen atoms in total.